The maximum atomic E-state index is 11.8. The van der Waals surface area contributed by atoms with Crippen molar-refractivity contribution in [3.05, 3.63) is 21.0 Å². The lowest BCUT2D eigenvalue weighted by atomic mass is 10.3. The van der Waals surface area contributed by atoms with E-state index in [1.165, 1.54) is 4.68 Å². The molecular formula is C11H18BrN3OS. The van der Waals surface area contributed by atoms with Gasteiger partial charge in [-0.05, 0) is 35.5 Å². The van der Waals surface area contributed by atoms with Crippen LogP contribution < -0.4 is 10.9 Å². The van der Waals surface area contributed by atoms with E-state index < -0.39 is 0 Å². The van der Waals surface area contributed by atoms with Crippen molar-refractivity contribution in [1.82, 2.24) is 9.78 Å². The SMILES string of the molecule is CCn1ncc(NCCC(C)SC)c(Br)c1=O. The summed E-state index contributed by atoms with van der Waals surface area (Å²) in [6.07, 6.45) is 4.85. The summed E-state index contributed by atoms with van der Waals surface area (Å²) in [6.45, 7) is 5.52. The molecule has 17 heavy (non-hydrogen) atoms. The van der Waals surface area contributed by atoms with Crippen molar-refractivity contribution in [3.8, 4) is 0 Å². The lowest BCUT2D eigenvalue weighted by Crippen LogP contribution is -2.24. The summed E-state index contributed by atoms with van der Waals surface area (Å²) in [5.41, 5.74) is 0.684. The summed E-state index contributed by atoms with van der Waals surface area (Å²) in [4.78, 5) is 11.8. The number of nitrogens with zero attached hydrogens (tertiary/aromatic N) is 2. The van der Waals surface area contributed by atoms with Crippen LogP contribution in [-0.4, -0.2) is 27.8 Å². The van der Waals surface area contributed by atoms with Gasteiger partial charge in [0, 0.05) is 18.3 Å². The van der Waals surface area contributed by atoms with E-state index >= 15 is 0 Å². The Morgan fingerprint density at radius 1 is 1.65 bits per heavy atom. The van der Waals surface area contributed by atoms with Crippen LogP contribution in [0.4, 0.5) is 5.69 Å². The number of aryl methyl sites for hydroxylation is 1. The number of anilines is 1. The minimum atomic E-state index is -0.0876. The van der Waals surface area contributed by atoms with Crippen LogP contribution in [0.25, 0.3) is 0 Å². The van der Waals surface area contributed by atoms with E-state index in [1.807, 2.05) is 18.7 Å². The maximum absolute atomic E-state index is 11.8. The molecule has 0 aliphatic heterocycles. The molecule has 1 unspecified atom stereocenters. The zero-order valence-electron chi connectivity index (χ0n) is 10.4. The first-order chi connectivity index (χ1) is 8.10. The van der Waals surface area contributed by atoms with Crippen LogP contribution in [0.5, 0.6) is 0 Å². The molecule has 1 aromatic heterocycles. The Morgan fingerprint density at radius 3 is 2.94 bits per heavy atom. The molecule has 0 fully saturated rings. The average molecular weight is 320 g/mol. The molecule has 0 spiro atoms. The van der Waals surface area contributed by atoms with Crippen molar-refractivity contribution in [3.63, 3.8) is 0 Å². The minimum absolute atomic E-state index is 0.0876. The molecule has 0 aromatic carbocycles. The number of aromatic nitrogens is 2. The highest BCUT2D eigenvalue weighted by molar-refractivity contribution is 9.10. The molecule has 0 aliphatic carbocycles. The van der Waals surface area contributed by atoms with Gasteiger partial charge in [-0.15, -0.1) is 0 Å². The van der Waals surface area contributed by atoms with Crippen LogP contribution in [0.15, 0.2) is 15.5 Å². The first-order valence-corrected chi connectivity index (χ1v) is 7.70. The van der Waals surface area contributed by atoms with Crippen LogP contribution in [0.1, 0.15) is 20.3 Å². The molecule has 1 aromatic rings. The number of nitrogens with one attached hydrogen (secondary N) is 1. The van der Waals surface area contributed by atoms with E-state index in [4.69, 9.17) is 0 Å². The largest absolute Gasteiger partial charge is 0.383 e. The molecule has 0 saturated heterocycles. The molecule has 4 nitrogen and oxygen atoms in total. The second-order valence-corrected chi connectivity index (χ2v) is 5.82. The fraction of sp³-hybridized carbons (Fsp3) is 0.636. The molecular weight excluding hydrogens is 302 g/mol. The van der Waals surface area contributed by atoms with Gasteiger partial charge >= 0.3 is 0 Å². The normalized spacial score (nSPS) is 12.5. The van der Waals surface area contributed by atoms with Crippen LogP contribution >= 0.6 is 27.7 Å². The number of hydrogen-bond donors (Lipinski definition) is 1. The lowest BCUT2D eigenvalue weighted by Gasteiger charge is -2.11. The van der Waals surface area contributed by atoms with E-state index in [2.05, 4.69) is 39.5 Å². The highest BCUT2D eigenvalue weighted by Gasteiger charge is 2.07. The third-order valence-electron chi connectivity index (χ3n) is 2.55. The second kappa shape index (κ2) is 7.06. The minimum Gasteiger partial charge on any atom is -0.383 e. The fourth-order valence-electron chi connectivity index (χ4n) is 1.34. The van der Waals surface area contributed by atoms with Gasteiger partial charge in [-0.2, -0.15) is 16.9 Å². The Balaban J connectivity index is 2.67. The first-order valence-electron chi connectivity index (χ1n) is 5.62. The Bertz CT molecular complexity index is 422. The molecule has 0 amide bonds. The number of halogens is 1. The zero-order valence-corrected chi connectivity index (χ0v) is 12.8. The molecule has 0 bridgehead atoms. The summed E-state index contributed by atoms with van der Waals surface area (Å²) < 4.78 is 1.99. The molecule has 96 valence electrons. The zero-order chi connectivity index (χ0) is 12.8. The summed E-state index contributed by atoms with van der Waals surface area (Å²) in [5.74, 6) is 0. The molecule has 1 atom stereocenters. The summed E-state index contributed by atoms with van der Waals surface area (Å²) in [6, 6.07) is 0. The Morgan fingerprint density at radius 2 is 2.35 bits per heavy atom. The first kappa shape index (κ1) is 14.6. The van der Waals surface area contributed by atoms with Gasteiger partial charge in [0.05, 0.1) is 11.9 Å². The molecule has 0 aliphatic rings. The van der Waals surface area contributed by atoms with Crippen molar-refractivity contribution in [1.29, 1.82) is 0 Å². The van der Waals surface area contributed by atoms with E-state index in [-0.39, 0.29) is 5.56 Å². The highest BCUT2D eigenvalue weighted by Crippen LogP contribution is 2.17. The van der Waals surface area contributed by atoms with E-state index in [9.17, 15) is 4.79 Å². The number of rotatable bonds is 6. The molecule has 1 rings (SSSR count). The molecule has 0 radical (unpaired) electrons. The fourth-order valence-corrected chi connectivity index (χ4v) is 2.14. The topological polar surface area (TPSA) is 46.9 Å². The van der Waals surface area contributed by atoms with Gasteiger partial charge in [-0.25, -0.2) is 4.68 Å². The lowest BCUT2D eigenvalue weighted by molar-refractivity contribution is 0.612. The van der Waals surface area contributed by atoms with Crippen molar-refractivity contribution in [2.24, 2.45) is 0 Å². The van der Waals surface area contributed by atoms with Crippen LogP contribution in [0.2, 0.25) is 0 Å². The van der Waals surface area contributed by atoms with Gasteiger partial charge in [0.15, 0.2) is 0 Å². The molecule has 1 N–H and O–H groups in total. The molecule has 6 heteroatoms. The maximum Gasteiger partial charge on any atom is 0.283 e. The third-order valence-corrected chi connectivity index (χ3v) is 4.36. The predicted octanol–water partition coefficient (Wildman–Crippen LogP) is 2.58. The Labute approximate surface area is 114 Å². The van der Waals surface area contributed by atoms with Crippen molar-refractivity contribution >= 4 is 33.4 Å². The van der Waals surface area contributed by atoms with Gasteiger partial charge in [-0.3, -0.25) is 4.79 Å². The third kappa shape index (κ3) is 4.03. The van der Waals surface area contributed by atoms with Gasteiger partial charge in [0.1, 0.15) is 4.47 Å². The smallest absolute Gasteiger partial charge is 0.283 e. The summed E-state index contributed by atoms with van der Waals surface area (Å²) in [7, 11) is 0. The van der Waals surface area contributed by atoms with Gasteiger partial charge in [0.25, 0.3) is 5.56 Å². The monoisotopic (exact) mass is 319 g/mol. The van der Waals surface area contributed by atoms with Crippen molar-refractivity contribution < 1.29 is 0 Å². The van der Waals surface area contributed by atoms with E-state index in [0.717, 1.165) is 18.7 Å². The summed E-state index contributed by atoms with van der Waals surface area (Å²) >= 11 is 5.16. The quantitative estimate of drug-likeness (QED) is 0.875. The van der Waals surface area contributed by atoms with Gasteiger partial charge in [0.2, 0.25) is 0 Å². The number of thioether (sulfide) groups is 1. The van der Waals surface area contributed by atoms with E-state index in [1.54, 1.807) is 6.20 Å². The van der Waals surface area contributed by atoms with Crippen LogP contribution in [0, 0.1) is 0 Å². The van der Waals surface area contributed by atoms with Gasteiger partial charge in [-0.1, -0.05) is 6.92 Å². The van der Waals surface area contributed by atoms with E-state index in [0.29, 0.717) is 16.3 Å². The predicted molar refractivity (Wildman–Crippen MR) is 78.0 cm³/mol. The summed E-state index contributed by atoms with van der Waals surface area (Å²) in [5, 5.41) is 7.93. The van der Waals surface area contributed by atoms with Crippen LogP contribution in [0.3, 0.4) is 0 Å². The Kier molecular flexibility index (Phi) is 6.05. The number of hydrogen-bond acceptors (Lipinski definition) is 4. The Hall–Kier alpha value is -0.490. The molecule has 0 saturated carbocycles. The van der Waals surface area contributed by atoms with Gasteiger partial charge < -0.3 is 5.32 Å². The second-order valence-electron chi connectivity index (χ2n) is 3.75. The van der Waals surface area contributed by atoms with Crippen molar-refractivity contribution in [2.75, 3.05) is 18.1 Å². The van der Waals surface area contributed by atoms with Crippen LogP contribution in [-0.2, 0) is 6.54 Å². The highest BCUT2D eigenvalue weighted by atomic mass is 79.9. The van der Waals surface area contributed by atoms with Crippen molar-refractivity contribution in [2.45, 2.75) is 32.1 Å². The average Bonchev–Trinajstić information content (AvgIpc) is 2.34. The standard InChI is InChI=1S/C11H18BrN3OS/c1-4-15-11(16)10(12)9(7-14-15)13-6-5-8(2)17-3/h7-8,13H,4-6H2,1-3H3. The molecule has 1 heterocycles.